The van der Waals surface area contributed by atoms with Crippen molar-refractivity contribution in [3.05, 3.63) is 29.8 Å². The first-order chi connectivity index (χ1) is 9.59. The van der Waals surface area contributed by atoms with Gasteiger partial charge in [-0.1, -0.05) is 12.1 Å². The molecular weight excluding hydrogens is 250 g/mol. The lowest BCUT2D eigenvalue weighted by Gasteiger charge is -2.35. The Morgan fingerprint density at radius 1 is 1.35 bits per heavy atom. The molecule has 1 amide bonds. The maximum Gasteiger partial charge on any atom is 0.250 e. The van der Waals surface area contributed by atoms with Crippen molar-refractivity contribution in [3.8, 4) is 0 Å². The third kappa shape index (κ3) is 3.51. The van der Waals surface area contributed by atoms with E-state index in [2.05, 4.69) is 24.1 Å². The Kier molecular flexibility index (Phi) is 5.01. The van der Waals surface area contributed by atoms with E-state index in [1.54, 1.807) is 0 Å². The SMILES string of the molecule is CC(C)N(CC1CCNCC1)c1ccccc1C(N)=O. The van der Waals surface area contributed by atoms with Gasteiger partial charge in [-0.05, 0) is 57.8 Å². The van der Waals surface area contributed by atoms with Gasteiger partial charge in [0.1, 0.15) is 0 Å². The highest BCUT2D eigenvalue weighted by Gasteiger charge is 2.22. The average Bonchev–Trinajstić information content (AvgIpc) is 2.45. The van der Waals surface area contributed by atoms with Gasteiger partial charge in [0, 0.05) is 18.3 Å². The van der Waals surface area contributed by atoms with E-state index in [0.717, 1.165) is 25.3 Å². The van der Waals surface area contributed by atoms with Gasteiger partial charge < -0.3 is 16.0 Å². The minimum atomic E-state index is -0.350. The maximum atomic E-state index is 11.6. The quantitative estimate of drug-likeness (QED) is 0.864. The first-order valence-corrected chi connectivity index (χ1v) is 7.45. The second-order valence-electron chi connectivity index (χ2n) is 5.82. The Bertz CT molecular complexity index is 453. The maximum absolute atomic E-state index is 11.6. The topological polar surface area (TPSA) is 58.4 Å². The molecule has 2 rings (SSSR count). The number of benzene rings is 1. The van der Waals surface area contributed by atoms with E-state index in [1.165, 1.54) is 12.8 Å². The summed E-state index contributed by atoms with van der Waals surface area (Å²) in [5.41, 5.74) is 7.10. The Balaban J connectivity index is 2.21. The van der Waals surface area contributed by atoms with Crippen LogP contribution in [0.1, 0.15) is 37.0 Å². The van der Waals surface area contributed by atoms with Gasteiger partial charge in [-0.2, -0.15) is 0 Å². The zero-order valence-corrected chi connectivity index (χ0v) is 12.4. The Morgan fingerprint density at radius 3 is 2.60 bits per heavy atom. The zero-order valence-electron chi connectivity index (χ0n) is 12.4. The number of primary amides is 1. The average molecular weight is 275 g/mol. The van der Waals surface area contributed by atoms with Crippen molar-refractivity contribution in [1.29, 1.82) is 0 Å². The number of nitrogens with zero attached hydrogens (tertiary/aromatic N) is 1. The molecule has 1 saturated heterocycles. The predicted molar refractivity (Wildman–Crippen MR) is 83.0 cm³/mol. The molecule has 1 fully saturated rings. The fraction of sp³-hybridized carbons (Fsp3) is 0.562. The summed E-state index contributed by atoms with van der Waals surface area (Å²) >= 11 is 0. The van der Waals surface area contributed by atoms with E-state index in [4.69, 9.17) is 5.73 Å². The fourth-order valence-corrected chi connectivity index (χ4v) is 2.86. The highest BCUT2D eigenvalue weighted by atomic mass is 16.1. The van der Waals surface area contributed by atoms with Gasteiger partial charge in [0.15, 0.2) is 0 Å². The number of rotatable bonds is 5. The molecule has 1 aromatic rings. The Morgan fingerprint density at radius 2 is 2.00 bits per heavy atom. The van der Waals surface area contributed by atoms with Gasteiger partial charge in [0.05, 0.1) is 5.56 Å². The second-order valence-corrected chi connectivity index (χ2v) is 5.82. The standard InChI is InChI=1S/C16H25N3O/c1-12(2)19(11-13-7-9-18-10-8-13)15-6-4-3-5-14(15)16(17)20/h3-6,12-13,18H,7-11H2,1-2H3,(H2,17,20). The molecule has 0 aromatic heterocycles. The van der Waals surface area contributed by atoms with Crippen LogP contribution in [0, 0.1) is 5.92 Å². The number of anilines is 1. The molecule has 4 nitrogen and oxygen atoms in total. The predicted octanol–water partition coefficient (Wildman–Crippen LogP) is 2.00. The molecule has 0 spiro atoms. The summed E-state index contributed by atoms with van der Waals surface area (Å²) in [7, 11) is 0. The van der Waals surface area contributed by atoms with Crippen molar-refractivity contribution < 1.29 is 4.79 Å². The van der Waals surface area contributed by atoms with Crippen LogP contribution >= 0.6 is 0 Å². The van der Waals surface area contributed by atoms with E-state index in [-0.39, 0.29) is 5.91 Å². The normalized spacial score (nSPS) is 16.4. The molecule has 1 heterocycles. The number of piperidine rings is 1. The number of carbonyl (C=O) groups excluding carboxylic acids is 1. The second kappa shape index (κ2) is 6.75. The van der Waals surface area contributed by atoms with Crippen LogP contribution in [0.4, 0.5) is 5.69 Å². The molecule has 1 aromatic carbocycles. The van der Waals surface area contributed by atoms with E-state index in [0.29, 0.717) is 17.5 Å². The van der Waals surface area contributed by atoms with Crippen molar-refractivity contribution in [2.45, 2.75) is 32.7 Å². The molecule has 3 N–H and O–H groups in total. The third-order valence-electron chi connectivity index (χ3n) is 4.02. The van der Waals surface area contributed by atoms with E-state index < -0.39 is 0 Å². The van der Waals surface area contributed by atoms with Gasteiger partial charge >= 0.3 is 0 Å². The summed E-state index contributed by atoms with van der Waals surface area (Å²) in [6.07, 6.45) is 2.39. The minimum Gasteiger partial charge on any atom is -0.368 e. The van der Waals surface area contributed by atoms with Crippen LogP contribution in [-0.2, 0) is 0 Å². The molecule has 1 aliphatic heterocycles. The summed E-state index contributed by atoms with van der Waals surface area (Å²) in [5.74, 6) is 0.330. The van der Waals surface area contributed by atoms with E-state index in [9.17, 15) is 4.79 Å². The molecule has 4 heteroatoms. The summed E-state index contributed by atoms with van der Waals surface area (Å²) in [6, 6.07) is 8.01. The van der Waals surface area contributed by atoms with Crippen LogP contribution in [0.5, 0.6) is 0 Å². The van der Waals surface area contributed by atoms with Gasteiger partial charge in [-0.15, -0.1) is 0 Å². The highest BCUT2D eigenvalue weighted by molar-refractivity contribution is 5.98. The molecule has 0 unspecified atom stereocenters. The van der Waals surface area contributed by atoms with Crippen LogP contribution in [0.15, 0.2) is 24.3 Å². The molecule has 0 radical (unpaired) electrons. The fourth-order valence-electron chi connectivity index (χ4n) is 2.86. The summed E-state index contributed by atoms with van der Waals surface area (Å²) in [5, 5.41) is 3.39. The highest BCUT2D eigenvalue weighted by Crippen LogP contribution is 2.25. The summed E-state index contributed by atoms with van der Waals surface area (Å²) < 4.78 is 0. The smallest absolute Gasteiger partial charge is 0.250 e. The van der Waals surface area contributed by atoms with Crippen molar-refractivity contribution in [2.75, 3.05) is 24.5 Å². The summed E-state index contributed by atoms with van der Waals surface area (Å²) in [6.45, 7) is 7.50. The van der Waals surface area contributed by atoms with Crippen LogP contribution in [-0.4, -0.2) is 31.6 Å². The summed E-state index contributed by atoms with van der Waals surface area (Å²) in [4.78, 5) is 13.9. The van der Waals surface area contributed by atoms with E-state index in [1.807, 2.05) is 24.3 Å². The first-order valence-electron chi connectivity index (χ1n) is 7.45. The van der Waals surface area contributed by atoms with Crippen molar-refractivity contribution >= 4 is 11.6 Å². The third-order valence-corrected chi connectivity index (χ3v) is 4.02. The van der Waals surface area contributed by atoms with Gasteiger partial charge in [0.2, 0.25) is 0 Å². The van der Waals surface area contributed by atoms with Gasteiger partial charge in [-0.25, -0.2) is 0 Å². The van der Waals surface area contributed by atoms with Crippen molar-refractivity contribution in [3.63, 3.8) is 0 Å². The molecule has 0 aliphatic carbocycles. The zero-order chi connectivity index (χ0) is 14.5. The largest absolute Gasteiger partial charge is 0.368 e. The lowest BCUT2D eigenvalue weighted by Crippen LogP contribution is -2.40. The van der Waals surface area contributed by atoms with Crippen LogP contribution in [0.25, 0.3) is 0 Å². The number of para-hydroxylation sites is 1. The van der Waals surface area contributed by atoms with Crippen molar-refractivity contribution in [1.82, 2.24) is 5.32 Å². The Labute approximate surface area is 121 Å². The molecule has 0 atom stereocenters. The first kappa shape index (κ1) is 14.9. The molecule has 1 aliphatic rings. The molecule has 20 heavy (non-hydrogen) atoms. The monoisotopic (exact) mass is 275 g/mol. The molecule has 0 saturated carbocycles. The van der Waals surface area contributed by atoms with Gasteiger partial charge in [-0.3, -0.25) is 4.79 Å². The molecule has 110 valence electrons. The minimum absolute atomic E-state index is 0.350. The number of carbonyl (C=O) groups is 1. The molecule has 0 bridgehead atoms. The van der Waals surface area contributed by atoms with Crippen LogP contribution in [0.3, 0.4) is 0 Å². The van der Waals surface area contributed by atoms with Crippen molar-refractivity contribution in [2.24, 2.45) is 11.7 Å². The Hall–Kier alpha value is -1.55. The molecular formula is C16H25N3O. The number of hydrogen-bond donors (Lipinski definition) is 2. The number of nitrogens with two attached hydrogens (primary N) is 1. The van der Waals surface area contributed by atoms with Crippen LogP contribution in [0.2, 0.25) is 0 Å². The number of amides is 1. The lowest BCUT2D eigenvalue weighted by molar-refractivity contribution is 0.100. The lowest BCUT2D eigenvalue weighted by atomic mass is 9.96. The number of nitrogens with one attached hydrogen (secondary N) is 1. The van der Waals surface area contributed by atoms with Gasteiger partial charge in [0.25, 0.3) is 5.91 Å². The van der Waals surface area contributed by atoms with E-state index >= 15 is 0 Å². The number of hydrogen-bond acceptors (Lipinski definition) is 3. The van der Waals surface area contributed by atoms with Crippen LogP contribution < -0.4 is 16.0 Å².